The summed E-state index contributed by atoms with van der Waals surface area (Å²) in [6.45, 7) is 8.84. The van der Waals surface area contributed by atoms with E-state index in [0.29, 0.717) is 0 Å². The van der Waals surface area contributed by atoms with Crippen molar-refractivity contribution in [2.75, 3.05) is 0 Å². The van der Waals surface area contributed by atoms with Crippen molar-refractivity contribution in [2.24, 2.45) is 0 Å². The third kappa shape index (κ3) is 14.6. The molecule has 2 aromatic rings. The second-order valence-corrected chi connectivity index (χ2v) is 3.74. The zero-order chi connectivity index (χ0) is 17.1. The molecular formula is C18H18Cl2Pd2. The zero-order valence-corrected chi connectivity index (χ0v) is 16.5. The molecule has 22 heavy (non-hydrogen) atoms. The maximum absolute atomic E-state index is 5.24. The Balaban J connectivity index is 0. The molecule has 0 aliphatic heterocycles. The van der Waals surface area contributed by atoms with Crippen LogP contribution in [0.4, 0.5) is 0 Å². The minimum atomic E-state index is 0.862. The molecule has 0 heterocycles. The van der Waals surface area contributed by atoms with Gasteiger partial charge in [0.1, 0.15) is 0 Å². The SMILES string of the molecule is [CH-]=CCc1ccccc1.[CH2-]/C=C/c1ccccc1.[Cl][Pd+].[Cl][Pd+]. The van der Waals surface area contributed by atoms with Crippen LogP contribution in [0.25, 0.3) is 6.08 Å². The number of hydrogen-bond donors (Lipinski definition) is 0. The van der Waals surface area contributed by atoms with E-state index in [9.17, 15) is 0 Å². The molecule has 2 aromatic carbocycles. The normalized spacial score (nSPS) is 8.45. The van der Waals surface area contributed by atoms with Gasteiger partial charge >= 0.3 is 55.4 Å². The summed E-state index contributed by atoms with van der Waals surface area (Å²) >= 11 is 4.44. The van der Waals surface area contributed by atoms with Crippen LogP contribution in [0.3, 0.4) is 0 Å². The molecule has 0 aliphatic carbocycles. The summed E-state index contributed by atoms with van der Waals surface area (Å²) < 4.78 is 0. The number of rotatable bonds is 3. The molecule has 0 fully saturated rings. The van der Waals surface area contributed by atoms with E-state index in [0.717, 1.165) is 6.42 Å². The first-order valence-electron chi connectivity index (χ1n) is 6.19. The Morgan fingerprint density at radius 3 is 1.73 bits per heavy atom. The number of benzene rings is 2. The molecule has 0 spiro atoms. The first-order valence-corrected chi connectivity index (χ1v) is 10.2. The van der Waals surface area contributed by atoms with Crippen molar-refractivity contribution in [1.82, 2.24) is 0 Å². The molecular weight excluding hydrogens is 500 g/mol. The summed E-state index contributed by atoms with van der Waals surface area (Å²) in [5.74, 6) is 0. The summed E-state index contributed by atoms with van der Waals surface area (Å²) in [7, 11) is 8.98. The van der Waals surface area contributed by atoms with Crippen LogP contribution in [-0.2, 0) is 42.8 Å². The van der Waals surface area contributed by atoms with E-state index in [4.69, 9.17) is 6.58 Å². The predicted molar refractivity (Wildman–Crippen MR) is 91.6 cm³/mol. The first kappa shape index (κ1) is 24.0. The Hall–Kier alpha value is -0.305. The Morgan fingerprint density at radius 2 is 1.32 bits per heavy atom. The van der Waals surface area contributed by atoms with Crippen LogP contribution in [0, 0.1) is 13.5 Å². The Bertz CT molecular complexity index is 471. The van der Waals surface area contributed by atoms with E-state index < -0.39 is 0 Å². The van der Waals surface area contributed by atoms with Crippen LogP contribution in [0.15, 0.2) is 72.8 Å². The predicted octanol–water partition coefficient (Wildman–Crippen LogP) is 6.13. The quantitative estimate of drug-likeness (QED) is 0.339. The van der Waals surface area contributed by atoms with Crippen molar-refractivity contribution in [3.8, 4) is 0 Å². The number of halogens is 2. The van der Waals surface area contributed by atoms with Crippen molar-refractivity contribution in [1.29, 1.82) is 0 Å². The van der Waals surface area contributed by atoms with Crippen molar-refractivity contribution in [2.45, 2.75) is 6.42 Å². The average Bonchev–Trinajstić information content (AvgIpc) is 2.62. The molecule has 0 unspecified atom stereocenters. The molecule has 0 saturated heterocycles. The van der Waals surface area contributed by atoms with Gasteiger partial charge in [-0.05, 0) is 12.0 Å². The summed E-state index contributed by atoms with van der Waals surface area (Å²) in [5, 5.41) is 0. The van der Waals surface area contributed by atoms with E-state index in [1.807, 2.05) is 54.6 Å². The average molecular weight is 518 g/mol. The molecule has 0 bridgehead atoms. The second-order valence-electron chi connectivity index (χ2n) is 3.74. The van der Waals surface area contributed by atoms with E-state index in [1.165, 1.54) is 11.1 Å². The van der Waals surface area contributed by atoms with Gasteiger partial charge in [0.25, 0.3) is 0 Å². The van der Waals surface area contributed by atoms with Gasteiger partial charge in [-0.3, -0.25) is 6.08 Å². The van der Waals surface area contributed by atoms with Crippen molar-refractivity contribution in [3.63, 3.8) is 0 Å². The van der Waals surface area contributed by atoms with Crippen LogP contribution in [0.5, 0.6) is 0 Å². The molecule has 0 saturated carbocycles. The Kier molecular flexibility index (Phi) is 22.5. The minimum absolute atomic E-state index is 0.862. The van der Waals surface area contributed by atoms with E-state index >= 15 is 0 Å². The molecule has 0 N–H and O–H groups in total. The fourth-order valence-electron chi connectivity index (χ4n) is 1.45. The van der Waals surface area contributed by atoms with Crippen LogP contribution in [0.1, 0.15) is 11.1 Å². The molecule has 0 aromatic heterocycles. The molecule has 0 atom stereocenters. The van der Waals surface area contributed by atoms with Crippen molar-refractivity contribution < 1.29 is 36.4 Å². The van der Waals surface area contributed by atoms with Crippen LogP contribution in [0.2, 0.25) is 0 Å². The molecule has 0 nitrogen and oxygen atoms in total. The van der Waals surface area contributed by atoms with Gasteiger partial charge in [0, 0.05) is 0 Å². The van der Waals surface area contributed by atoms with Gasteiger partial charge in [-0.2, -0.15) is 0 Å². The fourth-order valence-corrected chi connectivity index (χ4v) is 1.45. The van der Waals surface area contributed by atoms with Crippen LogP contribution < -0.4 is 0 Å². The molecule has 0 radical (unpaired) electrons. The van der Waals surface area contributed by atoms with E-state index in [1.54, 1.807) is 12.2 Å². The fraction of sp³-hybridized carbons (Fsp3) is 0.0556. The van der Waals surface area contributed by atoms with Gasteiger partial charge in [0.2, 0.25) is 0 Å². The third-order valence-corrected chi connectivity index (χ3v) is 2.31. The number of hydrogen-bond acceptors (Lipinski definition) is 0. The number of allylic oxidation sites excluding steroid dienone is 2. The van der Waals surface area contributed by atoms with E-state index in [2.05, 4.69) is 74.5 Å². The summed E-state index contributed by atoms with van der Waals surface area (Å²) in [5.41, 5.74) is 2.47. The van der Waals surface area contributed by atoms with Crippen LogP contribution in [-0.4, -0.2) is 0 Å². The standard InChI is InChI=1S/2C9H9.2ClH.2Pd/c2*1-2-6-9-7-4-3-5-8-9;;;;/h2-8H,1H2;1-5,7-8H,6H2;2*1H;;/q2*-1;;;2*+2/p-2/b6-2+;;;;;. The molecule has 4 heteroatoms. The Labute approximate surface area is 164 Å². The monoisotopic (exact) mass is 516 g/mol. The van der Waals surface area contributed by atoms with Gasteiger partial charge in [-0.25, -0.2) is 19.1 Å². The summed E-state index contributed by atoms with van der Waals surface area (Å²) in [6.07, 6.45) is 6.28. The van der Waals surface area contributed by atoms with Crippen molar-refractivity contribution in [3.05, 3.63) is 97.4 Å². The zero-order valence-electron chi connectivity index (χ0n) is 11.9. The maximum atomic E-state index is 5.24. The van der Waals surface area contributed by atoms with Gasteiger partial charge in [0.05, 0.1) is 0 Å². The van der Waals surface area contributed by atoms with E-state index in [-0.39, 0.29) is 0 Å². The topological polar surface area (TPSA) is 0 Å². The summed E-state index contributed by atoms with van der Waals surface area (Å²) in [6, 6.07) is 20.2. The van der Waals surface area contributed by atoms with Gasteiger partial charge in [0.15, 0.2) is 0 Å². The Morgan fingerprint density at radius 1 is 0.864 bits per heavy atom. The molecule has 0 amide bonds. The van der Waals surface area contributed by atoms with Gasteiger partial charge < -0.3 is 6.58 Å². The van der Waals surface area contributed by atoms with Crippen LogP contribution >= 0.6 is 19.1 Å². The second kappa shape index (κ2) is 20.7. The molecule has 124 valence electrons. The van der Waals surface area contributed by atoms with Crippen molar-refractivity contribution >= 4 is 25.1 Å². The van der Waals surface area contributed by atoms with Gasteiger partial charge in [-0.1, -0.05) is 60.7 Å². The first-order chi connectivity index (χ1) is 10.9. The summed E-state index contributed by atoms with van der Waals surface area (Å²) in [4.78, 5) is 0. The van der Waals surface area contributed by atoms with Gasteiger partial charge in [-0.15, -0.1) is 5.56 Å². The molecule has 2 rings (SSSR count). The third-order valence-electron chi connectivity index (χ3n) is 2.31. The molecule has 0 aliphatic rings.